The van der Waals surface area contributed by atoms with E-state index in [1.54, 1.807) is 19.1 Å². The highest BCUT2D eigenvalue weighted by Gasteiger charge is 2.14. The highest BCUT2D eigenvalue weighted by molar-refractivity contribution is 5.96. The third kappa shape index (κ3) is 3.40. The lowest BCUT2D eigenvalue weighted by Crippen LogP contribution is -2.10. The maximum atomic E-state index is 11.9. The van der Waals surface area contributed by atoms with Gasteiger partial charge in [-0.15, -0.1) is 5.11 Å². The number of esters is 1. The zero-order chi connectivity index (χ0) is 14.4. The second kappa shape index (κ2) is 6.79. The molecular weight excluding hydrogens is 258 g/mol. The molecule has 1 heterocycles. The maximum absolute atomic E-state index is 11.9. The lowest BCUT2D eigenvalue weighted by atomic mass is 10.1. The van der Waals surface area contributed by atoms with Crippen LogP contribution in [-0.2, 0) is 4.74 Å². The van der Waals surface area contributed by atoms with Crippen molar-refractivity contribution < 1.29 is 14.3 Å². The van der Waals surface area contributed by atoms with Crippen molar-refractivity contribution in [3.8, 4) is 0 Å². The van der Waals surface area contributed by atoms with Gasteiger partial charge in [0.2, 0.25) is 0 Å². The minimum Gasteiger partial charge on any atom is -0.462 e. The minimum atomic E-state index is -0.494. The molecule has 0 radical (unpaired) electrons. The van der Waals surface area contributed by atoms with Crippen LogP contribution in [0.3, 0.4) is 0 Å². The van der Waals surface area contributed by atoms with Gasteiger partial charge in [0.15, 0.2) is 0 Å². The summed E-state index contributed by atoms with van der Waals surface area (Å²) in [7, 11) is 0. The van der Waals surface area contributed by atoms with Crippen LogP contribution in [-0.4, -0.2) is 37.0 Å². The van der Waals surface area contributed by atoms with Crippen LogP contribution in [0.25, 0.3) is 0 Å². The van der Waals surface area contributed by atoms with Crippen molar-refractivity contribution in [3.63, 3.8) is 0 Å². The van der Waals surface area contributed by atoms with E-state index in [0.717, 1.165) is 25.9 Å². The van der Waals surface area contributed by atoms with Crippen molar-refractivity contribution >= 4 is 17.9 Å². The summed E-state index contributed by atoms with van der Waals surface area (Å²) in [6.07, 6.45) is 2.89. The van der Waals surface area contributed by atoms with Gasteiger partial charge >= 0.3 is 5.97 Å². The molecule has 1 aliphatic heterocycles. The van der Waals surface area contributed by atoms with E-state index in [4.69, 9.17) is 4.74 Å². The summed E-state index contributed by atoms with van der Waals surface area (Å²) in [4.78, 5) is 22.7. The Morgan fingerprint density at radius 3 is 2.80 bits per heavy atom. The van der Waals surface area contributed by atoms with Gasteiger partial charge in [-0.05, 0) is 38.0 Å². The van der Waals surface area contributed by atoms with Crippen LogP contribution >= 0.6 is 0 Å². The smallest absolute Gasteiger partial charge is 0.340 e. The van der Waals surface area contributed by atoms with E-state index in [0.29, 0.717) is 17.5 Å². The molecule has 0 N–H and O–H groups in total. The fraction of sp³-hybridized carbons (Fsp3) is 0.429. The van der Waals surface area contributed by atoms with Crippen LogP contribution in [0.1, 0.15) is 40.5 Å². The monoisotopic (exact) mass is 275 g/mol. The summed E-state index contributed by atoms with van der Waals surface area (Å²) < 4.78 is 4.97. The van der Waals surface area contributed by atoms with Crippen molar-refractivity contribution in [2.45, 2.75) is 19.8 Å². The Hall–Kier alpha value is -2.24. The Morgan fingerprint density at radius 1 is 1.40 bits per heavy atom. The van der Waals surface area contributed by atoms with E-state index in [9.17, 15) is 9.59 Å². The number of ether oxygens (including phenoxy) is 1. The molecule has 1 fully saturated rings. The molecule has 6 heteroatoms. The van der Waals surface area contributed by atoms with E-state index in [1.165, 1.54) is 6.07 Å². The van der Waals surface area contributed by atoms with Gasteiger partial charge in [-0.1, -0.05) is 5.22 Å². The molecule has 0 amide bonds. The zero-order valence-electron chi connectivity index (χ0n) is 11.4. The molecule has 0 aliphatic carbocycles. The molecule has 0 atom stereocenters. The Labute approximate surface area is 117 Å². The second-order valence-electron chi connectivity index (χ2n) is 4.47. The molecule has 0 unspecified atom stereocenters. The molecule has 0 spiro atoms. The van der Waals surface area contributed by atoms with E-state index in [1.807, 2.05) is 5.01 Å². The quantitative estimate of drug-likeness (QED) is 0.470. The van der Waals surface area contributed by atoms with Crippen molar-refractivity contribution in [3.05, 3.63) is 29.3 Å². The first-order valence-corrected chi connectivity index (χ1v) is 6.67. The van der Waals surface area contributed by atoms with Crippen molar-refractivity contribution in [1.29, 1.82) is 0 Å². The topological polar surface area (TPSA) is 71.3 Å². The van der Waals surface area contributed by atoms with Crippen LogP contribution in [0.2, 0.25) is 0 Å². The molecule has 1 saturated heterocycles. The van der Waals surface area contributed by atoms with Crippen LogP contribution in [0, 0.1) is 0 Å². The van der Waals surface area contributed by atoms with Crippen LogP contribution in [0.15, 0.2) is 28.5 Å². The van der Waals surface area contributed by atoms with Crippen molar-refractivity contribution in [2.75, 3.05) is 19.7 Å². The number of rotatable bonds is 5. The SMILES string of the molecule is CCOC(=O)c1cc(C=O)ccc1N=NN1CCCC1. The van der Waals surface area contributed by atoms with Crippen molar-refractivity contribution in [1.82, 2.24) is 5.01 Å². The molecule has 0 aromatic heterocycles. The van der Waals surface area contributed by atoms with Gasteiger partial charge in [0.1, 0.15) is 12.0 Å². The second-order valence-corrected chi connectivity index (χ2v) is 4.47. The third-order valence-corrected chi connectivity index (χ3v) is 3.01. The zero-order valence-corrected chi connectivity index (χ0v) is 11.4. The number of carbonyl (C=O) groups excluding carboxylic acids is 2. The van der Waals surface area contributed by atoms with Gasteiger partial charge in [-0.3, -0.25) is 9.80 Å². The van der Waals surface area contributed by atoms with Gasteiger partial charge in [-0.2, -0.15) is 0 Å². The predicted octanol–water partition coefficient (Wildman–Crippen LogP) is 2.77. The summed E-state index contributed by atoms with van der Waals surface area (Å²) >= 11 is 0. The van der Waals surface area contributed by atoms with Crippen LogP contribution < -0.4 is 0 Å². The first kappa shape index (κ1) is 14.2. The summed E-state index contributed by atoms with van der Waals surface area (Å²) in [5.41, 5.74) is 1.09. The Morgan fingerprint density at radius 2 is 2.15 bits per heavy atom. The molecule has 1 aromatic rings. The lowest BCUT2D eigenvalue weighted by molar-refractivity contribution is 0.0527. The number of carbonyl (C=O) groups is 2. The molecule has 6 nitrogen and oxygen atoms in total. The summed E-state index contributed by atoms with van der Waals surface area (Å²) in [5.74, 6) is -0.494. The van der Waals surface area contributed by atoms with Crippen molar-refractivity contribution in [2.24, 2.45) is 10.3 Å². The van der Waals surface area contributed by atoms with Crippen LogP contribution in [0.5, 0.6) is 0 Å². The lowest BCUT2D eigenvalue weighted by Gasteiger charge is -2.09. The first-order chi connectivity index (χ1) is 9.74. The molecule has 0 bridgehead atoms. The van der Waals surface area contributed by atoms with E-state index in [-0.39, 0.29) is 12.2 Å². The number of aldehydes is 1. The first-order valence-electron chi connectivity index (χ1n) is 6.67. The molecule has 20 heavy (non-hydrogen) atoms. The maximum Gasteiger partial charge on any atom is 0.340 e. The van der Waals surface area contributed by atoms with Gasteiger partial charge < -0.3 is 4.74 Å². The molecule has 106 valence electrons. The number of nitrogens with zero attached hydrogens (tertiary/aromatic N) is 3. The fourth-order valence-electron chi connectivity index (χ4n) is 1.99. The molecule has 0 saturated carbocycles. The summed E-state index contributed by atoms with van der Waals surface area (Å²) in [5, 5.41) is 10.1. The number of hydrogen-bond acceptors (Lipinski definition) is 5. The van der Waals surface area contributed by atoms with Gasteiger partial charge in [-0.25, -0.2) is 4.79 Å². The highest BCUT2D eigenvalue weighted by atomic mass is 16.5. The molecule has 1 aromatic carbocycles. The molecular formula is C14H17N3O3. The summed E-state index contributed by atoms with van der Waals surface area (Å²) in [6.45, 7) is 3.76. The Bertz CT molecular complexity index is 522. The predicted molar refractivity (Wildman–Crippen MR) is 73.1 cm³/mol. The van der Waals surface area contributed by atoms with E-state index in [2.05, 4.69) is 10.3 Å². The average Bonchev–Trinajstić information content (AvgIpc) is 2.98. The van der Waals surface area contributed by atoms with Gasteiger partial charge in [0.25, 0.3) is 0 Å². The fourth-order valence-corrected chi connectivity index (χ4v) is 1.99. The largest absolute Gasteiger partial charge is 0.462 e. The summed E-state index contributed by atoms with van der Waals surface area (Å²) in [6, 6.07) is 4.69. The molecule has 1 aliphatic rings. The standard InChI is InChI=1S/C14H17N3O3/c1-2-20-14(19)12-9-11(10-18)5-6-13(12)15-16-17-7-3-4-8-17/h5-6,9-10H,2-4,7-8H2,1H3. The van der Waals surface area contributed by atoms with Gasteiger partial charge in [0.05, 0.1) is 12.2 Å². The Balaban J connectivity index is 2.25. The van der Waals surface area contributed by atoms with E-state index < -0.39 is 5.97 Å². The van der Waals surface area contributed by atoms with Crippen LogP contribution in [0.4, 0.5) is 5.69 Å². The van der Waals surface area contributed by atoms with Gasteiger partial charge in [0, 0.05) is 18.7 Å². The number of benzene rings is 1. The highest BCUT2D eigenvalue weighted by Crippen LogP contribution is 2.23. The minimum absolute atomic E-state index is 0.263. The van der Waals surface area contributed by atoms with E-state index >= 15 is 0 Å². The normalized spacial score (nSPS) is 14.8. The number of hydrogen-bond donors (Lipinski definition) is 0. The molecule has 2 rings (SSSR count). The third-order valence-electron chi connectivity index (χ3n) is 3.01. The average molecular weight is 275 g/mol. The Kier molecular flexibility index (Phi) is 4.81.